The number of ketones is 1. The van der Waals surface area contributed by atoms with Crippen LogP contribution in [0.3, 0.4) is 0 Å². The number of Topliss-reactive ketones (excluding diaryl/α,β-unsaturated/α-hetero) is 1. The van der Waals surface area contributed by atoms with E-state index in [0.29, 0.717) is 10.6 Å². The molecule has 0 fully saturated rings. The molecule has 0 N–H and O–H groups in total. The number of para-hydroxylation sites is 1. The molecule has 3 rings (SSSR count). The summed E-state index contributed by atoms with van der Waals surface area (Å²) in [6.07, 6.45) is 1.53. The molecule has 0 aliphatic rings. The fraction of sp³-hybridized carbons (Fsp3) is 0.118. The Balaban J connectivity index is 1.85. The summed E-state index contributed by atoms with van der Waals surface area (Å²) < 4.78 is 0. The number of hydrogen-bond donors (Lipinski definition) is 0. The zero-order valence-corrected chi connectivity index (χ0v) is 13.4. The van der Waals surface area contributed by atoms with E-state index in [1.165, 1.54) is 18.1 Å². The van der Waals surface area contributed by atoms with Crippen molar-refractivity contribution in [1.29, 1.82) is 0 Å². The maximum atomic E-state index is 12.5. The lowest BCUT2D eigenvalue weighted by atomic mass is 10.1. The molecule has 0 aliphatic carbocycles. The summed E-state index contributed by atoms with van der Waals surface area (Å²) in [4.78, 5) is 21.0. The largest absolute Gasteiger partial charge is 0.293 e. The summed E-state index contributed by atoms with van der Waals surface area (Å²) in [5, 5.41) is 2.17. The number of carbonyl (C=O) groups excluding carboxylic acids is 1. The number of carbonyl (C=O) groups is 1. The third kappa shape index (κ3) is 3.13. The fourth-order valence-electron chi connectivity index (χ4n) is 2.14. The highest BCUT2D eigenvalue weighted by Gasteiger charge is 2.18. The van der Waals surface area contributed by atoms with E-state index in [4.69, 9.17) is 11.6 Å². The molecule has 1 atom stereocenters. The van der Waals surface area contributed by atoms with Crippen molar-refractivity contribution >= 4 is 40.0 Å². The van der Waals surface area contributed by atoms with Gasteiger partial charge in [0.25, 0.3) is 0 Å². The Morgan fingerprint density at radius 2 is 1.82 bits per heavy atom. The minimum absolute atomic E-state index is 0.0596. The number of benzene rings is 2. The molecular weight excluding hydrogens is 316 g/mol. The van der Waals surface area contributed by atoms with Gasteiger partial charge in [0.1, 0.15) is 11.4 Å². The van der Waals surface area contributed by atoms with E-state index < -0.39 is 0 Å². The Hall–Kier alpha value is -1.91. The van der Waals surface area contributed by atoms with E-state index in [0.717, 1.165) is 15.9 Å². The second-order valence-electron chi connectivity index (χ2n) is 4.83. The van der Waals surface area contributed by atoms with Gasteiger partial charge in [-0.3, -0.25) is 4.79 Å². The fourth-order valence-corrected chi connectivity index (χ4v) is 3.26. The predicted molar refractivity (Wildman–Crippen MR) is 90.6 cm³/mol. The Morgan fingerprint density at radius 1 is 1.09 bits per heavy atom. The number of fused-ring (bicyclic) bond motifs is 1. The molecule has 0 amide bonds. The first-order valence-corrected chi connectivity index (χ1v) is 8.07. The topological polar surface area (TPSA) is 42.9 Å². The summed E-state index contributed by atoms with van der Waals surface area (Å²) in [5.74, 6) is 0.0596. The van der Waals surface area contributed by atoms with Gasteiger partial charge in [-0.15, -0.1) is 0 Å². The second kappa shape index (κ2) is 6.46. The van der Waals surface area contributed by atoms with Gasteiger partial charge in [0.05, 0.1) is 10.8 Å². The number of nitrogens with zero attached hydrogens (tertiary/aromatic N) is 2. The third-order valence-corrected chi connectivity index (χ3v) is 4.66. The molecule has 1 unspecified atom stereocenters. The van der Waals surface area contributed by atoms with Gasteiger partial charge < -0.3 is 0 Å². The van der Waals surface area contributed by atoms with E-state index >= 15 is 0 Å². The predicted octanol–water partition coefficient (Wildman–Crippen LogP) is 4.65. The average Bonchev–Trinajstić information content (AvgIpc) is 2.55. The number of halogens is 1. The van der Waals surface area contributed by atoms with Gasteiger partial charge >= 0.3 is 0 Å². The lowest BCUT2D eigenvalue weighted by Gasteiger charge is -2.11. The normalized spacial score (nSPS) is 12.3. The molecule has 0 saturated heterocycles. The molecule has 0 spiro atoms. The lowest BCUT2D eigenvalue weighted by molar-refractivity contribution is 0.0994. The molecule has 22 heavy (non-hydrogen) atoms. The van der Waals surface area contributed by atoms with Gasteiger partial charge in [-0.2, -0.15) is 0 Å². The van der Waals surface area contributed by atoms with Gasteiger partial charge in [-0.05, 0) is 37.3 Å². The Kier molecular flexibility index (Phi) is 4.41. The molecule has 110 valence electrons. The van der Waals surface area contributed by atoms with Crippen molar-refractivity contribution in [3.8, 4) is 0 Å². The molecule has 2 aromatic carbocycles. The van der Waals surface area contributed by atoms with Crippen LogP contribution in [0, 0.1) is 0 Å². The van der Waals surface area contributed by atoms with E-state index in [1.54, 1.807) is 24.3 Å². The van der Waals surface area contributed by atoms with Crippen LogP contribution in [-0.2, 0) is 0 Å². The molecule has 1 aromatic heterocycles. The van der Waals surface area contributed by atoms with Gasteiger partial charge in [-0.1, -0.05) is 41.6 Å². The summed E-state index contributed by atoms with van der Waals surface area (Å²) in [7, 11) is 0. The smallest absolute Gasteiger partial charge is 0.175 e. The van der Waals surface area contributed by atoms with Crippen LogP contribution in [0.1, 0.15) is 17.3 Å². The summed E-state index contributed by atoms with van der Waals surface area (Å²) >= 11 is 7.30. The molecule has 0 radical (unpaired) electrons. The molecule has 0 aliphatic heterocycles. The average molecular weight is 329 g/mol. The maximum absolute atomic E-state index is 12.5. The molecule has 3 aromatic rings. The Bertz CT molecular complexity index is 815. The van der Waals surface area contributed by atoms with Crippen molar-refractivity contribution in [2.24, 2.45) is 0 Å². The first-order chi connectivity index (χ1) is 10.6. The van der Waals surface area contributed by atoms with Gasteiger partial charge in [-0.25, -0.2) is 9.97 Å². The van der Waals surface area contributed by atoms with Crippen molar-refractivity contribution in [2.45, 2.75) is 17.2 Å². The minimum Gasteiger partial charge on any atom is -0.293 e. The SMILES string of the molecule is CC(Sc1ncnc2ccccc12)C(=O)c1ccc(Cl)cc1. The van der Waals surface area contributed by atoms with E-state index in [9.17, 15) is 4.79 Å². The monoisotopic (exact) mass is 328 g/mol. The molecule has 0 saturated carbocycles. The van der Waals surface area contributed by atoms with Crippen LogP contribution in [0.25, 0.3) is 10.9 Å². The number of aromatic nitrogens is 2. The molecule has 0 bridgehead atoms. The highest BCUT2D eigenvalue weighted by atomic mass is 35.5. The van der Waals surface area contributed by atoms with Crippen LogP contribution in [0.4, 0.5) is 0 Å². The van der Waals surface area contributed by atoms with Crippen molar-refractivity contribution in [1.82, 2.24) is 9.97 Å². The van der Waals surface area contributed by atoms with E-state index in [2.05, 4.69) is 9.97 Å². The van der Waals surface area contributed by atoms with Gasteiger partial charge in [0, 0.05) is 16.0 Å². The summed E-state index contributed by atoms with van der Waals surface area (Å²) in [6.45, 7) is 1.89. The Morgan fingerprint density at radius 3 is 2.59 bits per heavy atom. The quantitative estimate of drug-likeness (QED) is 0.397. The maximum Gasteiger partial charge on any atom is 0.175 e. The Labute approximate surface area is 137 Å². The van der Waals surface area contributed by atoms with Crippen LogP contribution in [0.15, 0.2) is 59.9 Å². The minimum atomic E-state index is -0.237. The van der Waals surface area contributed by atoms with Crippen LogP contribution >= 0.6 is 23.4 Å². The van der Waals surface area contributed by atoms with Crippen LogP contribution in [-0.4, -0.2) is 21.0 Å². The highest BCUT2D eigenvalue weighted by Crippen LogP contribution is 2.29. The summed E-state index contributed by atoms with van der Waals surface area (Å²) in [6, 6.07) is 14.7. The third-order valence-electron chi connectivity index (χ3n) is 3.29. The number of rotatable bonds is 4. The second-order valence-corrected chi connectivity index (χ2v) is 6.59. The number of hydrogen-bond acceptors (Lipinski definition) is 4. The van der Waals surface area contributed by atoms with Crippen molar-refractivity contribution < 1.29 is 4.79 Å². The van der Waals surface area contributed by atoms with E-state index in [1.807, 2.05) is 31.2 Å². The molecule has 3 nitrogen and oxygen atoms in total. The van der Waals surface area contributed by atoms with E-state index in [-0.39, 0.29) is 11.0 Å². The van der Waals surface area contributed by atoms with Crippen molar-refractivity contribution in [2.75, 3.05) is 0 Å². The van der Waals surface area contributed by atoms with Crippen molar-refractivity contribution in [3.05, 3.63) is 65.4 Å². The van der Waals surface area contributed by atoms with Crippen molar-refractivity contribution in [3.63, 3.8) is 0 Å². The zero-order chi connectivity index (χ0) is 15.5. The molecule has 1 heterocycles. The first-order valence-electron chi connectivity index (χ1n) is 6.81. The lowest BCUT2D eigenvalue weighted by Crippen LogP contribution is -2.13. The van der Waals surface area contributed by atoms with Gasteiger partial charge in [0.2, 0.25) is 0 Å². The zero-order valence-electron chi connectivity index (χ0n) is 11.9. The molecule has 5 heteroatoms. The molecular formula is C17H13ClN2OS. The summed E-state index contributed by atoms with van der Waals surface area (Å²) in [5.41, 5.74) is 1.54. The number of thioether (sulfide) groups is 1. The van der Waals surface area contributed by atoms with Gasteiger partial charge in [0.15, 0.2) is 5.78 Å². The standard InChI is InChI=1S/C17H13ClN2OS/c1-11(16(21)12-6-8-13(18)9-7-12)22-17-14-4-2-3-5-15(14)19-10-20-17/h2-11H,1H3. The van der Waals surface area contributed by atoms with Crippen LogP contribution < -0.4 is 0 Å². The van der Waals surface area contributed by atoms with Crippen LogP contribution in [0.5, 0.6) is 0 Å². The highest BCUT2D eigenvalue weighted by molar-refractivity contribution is 8.00. The first kappa shape index (κ1) is 15.0. The van der Waals surface area contributed by atoms with Crippen LogP contribution in [0.2, 0.25) is 5.02 Å².